The molecule has 5 heteroatoms. The average Bonchev–Trinajstić information content (AvgIpc) is 3.25. The van der Waals surface area contributed by atoms with Crippen LogP contribution >= 0.6 is 22.6 Å². The Morgan fingerprint density at radius 2 is 2.21 bits per heavy atom. The first-order valence-electron chi connectivity index (χ1n) is 6.89. The van der Waals surface area contributed by atoms with Crippen molar-refractivity contribution in [3.63, 3.8) is 0 Å². The third kappa shape index (κ3) is 2.67. The molecule has 1 aliphatic heterocycles. The molecule has 2 aliphatic rings. The van der Waals surface area contributed by atoms with Crippen LogP contribution in [-0.2, 0) is 0 Å². The molecule has 3 rings (SSSR count). The fourth-order valence-electron chi connectivity index (χ4n) is 2.61. The highest BCUT2D eigenvalue weighted by Crippen LogP contribution is 2.44. The Bertz CT molecular complexity index is 464. The molecule has 1 aromatic rings. The third-order valence-electron chi connectivity index (χ3n) is 3.91. The maximum atomic E-state index is 5.48. The van der Waals surface area contributed by atoms with E-state index in [1.165, 1.54) is 18.4 Å². The molecule has 104 valence electrons. The van der Waals surface area contributed by atoms with Crippen molar-refractivity contribution in [1.82, 2.24) is 10.3 Å². The summed E-state index contributed by atoms with van der Waals surface area (Å²) in [6, 6.07) is 4.83. The van der Waals surface area contributed by atoms with Crippen molar-refractivity contribution in [1.29, 1.82) is 0 Å². The maximum absolute atomic E-state index is 5.48. The van der Waals surface area contributed by atoms with Crippen LogP contribution < -0.4 is 15.0 Å². The molecule has 0 bridgehead atoms. The van der Waals surface area contributed by atoms with Gasteiger partial charge in [0, 0.05) is 24.7 Å². The van der Waals surface area contributed by atoms with Gasteiger partial charge in [0.2, 0.25) is 5.88 Å². The minimum absolute atomic E-state index is 0.426. The minimum Gasteiger partial charge on any atom is -0.481 e. The van der Waals surface area contributed by atoms with E-state index in [-0.39, 0.29) is 0 Å². The fourth-order valence-corrected chi connectivity index (χ4v) is 3.43. The van der Waals surface area contributed by atoms with Gasteiger partial charge in [-0.05, 0) is 37.8 Å². The average molecular weight is 373 g/mol. The van der Waals surface area contributed by atoms with Crippen molar-refractivity contribution in [2.45, 2.75) is 35.8 Å². The maximum Gasteiger partial charge on any atom is 0.218 e. The molecular weight excluding hydrogens is 353 g/mol. The van der Waals surface area contributed by atoms with Crippen LogP contribution in [0.1, 0.15) is 31.2 Å². The van der Waals surface area contributed by atoms with E-state index in [0.717, 1.165) is 24.8 Å². The predicted molar refractivity (Wildman–Crippen MR) is 85.4 cm³/mol. The summed E-state index contributed by atoms with van der Waals surface area (Å²) in [5.74, 6) is 2.53. The molecule has 0 aromatic carbocycles. The Hall–Kier alpha value is -0.560. The Kier molecular flexibility index (Phi) is 3.84. The number of ether oxygens (including phenoxy) is 1. The number of aromatic nitrogens is 1. The van der Waals surface area contributed by atoms with Crippen LogP contribution in [-0.4, -0.2) is 35.3 Å². The van der Waals surface area contributed by atoms with Crippen molar-refractivity contribution < 1.29 is 4.74 Å². The van der Waals surface area contributed by atoms with Crippen molar-refractivity contribution in [2.24, 2.45) is 0 Å². The third-order valence-corrected chi connectivity index (χ3v) is 5.66. The number of pyridine rings is 1. The van der Waals surface area contributed by atoms with Crippen molar-refractivity contribution in [3.05, 3.63) is 17.7 Å². The second-order valence-corrected chi connectivity index (χ2v) is 6.63. The van der Waals surface area contributed by atoms with Crippen LogP contribution in [0.4, 0.5) is 5.82 Å². The molecule has 1 aromatic heterocycles. The molecule has 19 heavy (non-hydrogen) atoms. The summed E-state index contributed by atoms with van der Waals surface area (Å²) in [7, 11) is 1.72. The molecule has 2 fully saturated rings. The van der Waals surface area contributed by atoms with E-state index >= 15 is 0 Å². The number of nitrogens with one attached hydrogen (secondary N) is 1. The number of rotatable bonds is 3. The lowest BCUT2D eigenvalue weighted by atomic mass is 10.1. The lowest BCUT2D eigenvalue weighted by Crippen LogP contribution is -2.54. The Balaban J connectivity index is 1.87. The van der Waals surface area contributed by atoms with E-state index in [4.69, 9.17) is 9.72 Å². The molecule has 4 nitrogen and oxygen atoms in total. The summed E-state index contributed by atoms with van der Waals surface area (Å²) in [5.41, 5.74) is 1.28. The lowest BCUT2D eigenvalue weighted by Gasteiger charge is -2.38. The van der Waals surface area contributed by atoms with Gasteiger partial charge in [-0.1, -0.05) is 22.6 Å². The van der Waals surface area contributed by atoms with Crippen molar-refractivity contribution in [2.75, 3.05) is 25.1 Å². The molecule has 2 heterocycles. The van der Waals surface area contributed by atoms with Gasteiger partial charge in [0.15, 0.2) is 0 Å². The number of methoxy groups -OCH3 is 1. The highest BCUT2D eigenvalue weighted by atomic mass is 127. The quantitative estimate of drug-likeness (QED) is 0.502. The molecule has 1 saturated heterocycles. The highest BCUT2D eigenvalue weighted by Gasteiger charge is 2.30. The predicted octanol–water partition coefficient (Wildman–Crippen LogP) is 2.53. The summed E-state index contributed by atoms with van der Waals surface area (Å²) >= 11 is 2.49. The fraction of sp³-hybridized carbons (Fsp3) is 0.643. The van der Waals surface area contributed by atoms with E-state index in [0.29, 0.717) is 16.0 Å². The van der Waals surface area contributed by atoms with Crippen molar-refractivity contribution >= 4 is 28.4 Å². The molecule has 1 N–H and O–H groups in total. The number of hydrogen-bond acceptors (Lipinski definition) is 4. The van der Waals surface area contributed by atoms with Crippen LogP contribution in [0.25, 0.3) is 0 Å². The SMILES string of the molecule is COc1nc(N2CCNC(C)C2I)ccc1C1CC1. The monoisotopic (exact) mass is 373 g/mol. The Labute approximate surface area is 128 Å². The second-order valence-electron chi connectivity index (χ2n) is 5.35. The molecular formula is C14H20IN3O. The standard InChI is InChI=1S/C14H20IN3O/c1-9-13(15)18(8-7-16-9)12-6-5-11(10-3-4-10)14(17-12)19-2/h5-6,9-10,13,16H,3-4,7-8H2,1-2H3. The summed E-state index contributed by atoms with van der Waals surface area (Å²) in [4.78, 5) is 7.09. The molecule has 2 unspecified atom stereocenters. The molecule has 1 saturated carbocycles. The highest BCUT2D eigenvalue weighted by molar-refractivity contribution is 14.1. The van der Waals surface area contributed by atoms with Gasteiger partial charge in [-0.25, -0.2) is 0 Å². The van der Waals surface area contributed by atoms with Gasteiger partial charge < -0.3 is 15.0 Å². The molecule has 0 radical (unpaired) electrons. The summed E-state index contributed by atoms with van der Waals surface area (Å²) in [6.07, 6.45) is 2.55. The van der Waals surface area contributed by atoms with Gasteiger partial charge in [-0.2, -0.15) is 4.98 Å². The molecule has 2 atom stereocenters. The molecule has 0 spiro atoms. The smallest absolute Gasteiger partial charge is 0.218 e. The van der Waals surface area contributed by atoms with Crippen LogP contribution in [0.3, 0.4) is 0 Å². The van der Waals surface area contributed by atoms with Gasteiger partial charge in [0.05, 0.1) is 11.2 Å². The first-order valence-corrected chi connectivity index (χ1v) is 8.14. The first kappa shape index (κ1) is 13.4. The van der Waals surface area contributed by atoms with Crippen LogP contribution in [0.5, 0.6) is 5.88 Å². The van der Waals surface area contributed by atoms with Gasteiger partial charge in [-0.3, -0.25) is 0 Å². The zero-order valence-corrected chi connectivity index (χ0v) is 13.6. The van der Waals surface area contributed by atoms with E-state index in [1.54, 1.807) is 7.11 Å². The zero-order chi connectivity index (χ0) is 13.4. The van der Waals surface area contributed by atoms with Crippen LogP contribution in [0.2, 0.25) is 0 Å². The van der Waals surface area contributed by atoms with E-state index < -0.39 is 0 Å². The normalized spacial score (nSPS) is 27.4. The second kappa shape index (κ2) is 5.44. The van der Waals surface area contributed by atoms with E-state index in [2.05, 4.69) is 51.9 Å². The number of halogens is 1. The van der Waals surface area contributed by atoms with Gasteiger partial charge >= 0.3 is 0 Å². The van der Waals surface area contributed by atoms with Gasteiger partial charge in [0.1, 0.15) is 5.82 Å². The van der Waals surface area contributed by atoms with Gasteiger partial charge in [0.25, 0.3) is 0 Å². The molecule has 1 aliphatic carbocycles. The van der Waals surface area contributed by atoms with Gasteiger partial charge in [-0.15, -0.1) is 0 Å². The van der Waals surface area contributed by atoms with Crippen LogP contribution in [0.15, 0.2) is 12.1 Å². The molecule has 0 amide bonds. The zero-order valence-electron chi connectivity index (χ0n) is 11.4. The van der Waals surface area contributed by atoms with Crippen molar-refractivity contribution in [3.8, 4) is 5.88 Å². The summed E-state index contributed by atoms with van der Waals surface area (Å²) in [6.45, 7) is 4.23. The Morgan fingerprint density at radius 3 is 2.89 bits per heavy atom. The van der Waals surface area contributed by atoms with E-state index in [9.17, 15) is 0 Å². The first-order chi connectivity index (χ1) is 9.20. The lowest BCUT2D eigenvalue weighted by molar-refractivity contribution is 0.391. The van der Waals surface area contributed by atoms with E-state index in [1.807, 2.05) is 0 Å². The van der Waals surface area contributed by atoms with Crippen LogP contribution in [0, 0.1) is 0 Å². The minimum atomic E-state index is 0.426. The summed E-state index contributed by atoms with van der Waals surface area (Å²) < 4.78 is 5.91. The number of hydrogen-bond donors (Lipinski definition) is 1. The number of piperazine rings is 1. The number of anilines is 1. The summed E-state index contributed by atoms with van der Waals surface area (Å²) in [5, 5.41) is 3.49. The largest absolute Gasteiger partial charge is 0.481 e. The topological polar surface area (TPSA) is 37.4 Å². The number of nitrogens with zero attached hydrogens (tertiary/aromatic N) is 2. The Morgan fingerprint density at radius 1 is 1.42 bits per heavy atom. The number of alkyl halides is 1.